The van der Waals surface area contributed by atoms with Crippen molar-refractivity contribution < 1.29 is 0 Å². The molecular formula is C17H29NS. The molecule has 0 spiro atoms. The molecule has 0 fully saturated rings. The maximum absolute atomic E-state index is 4.23. The monoisotopic (exact) mass is 279 g/mol. The highest BCUT2D eigenvalue weighted by molar-refractivity contribution is 7.80. The summed E-state index contributed by atoms with van der Waals surface area (Å²) in [6, 6.07) is 4.26. The molecule has 1 heterocycles. The molecule has 0 aromatic carbocycles. The van der Waals surface area contributed by atoms with E-state index in [1.54, 1.807) is 0 Å². The minimum Gasteiger partial charge on any atom is -0.265 e. The summed E-state index contributed by atoms with van der Waals surface area (Å²) in [7, 11) is 0. The number of hydrogen-bond acceptors (Lipinski definition) is 2. The van der Waals surface area contributed by atoms with E-state index in [1.807, 2.05) is 12.4 Å². The molecule has 0 amide bonds. The van der Waals surface area contributed by atoms with Gasteiger partial charge in [0.05, 0.1) is 0 Å². The van der Waals surface area contributed by atoms with E-state index in [0.29, 0.717) is 0 Å². The summed E-state index contributed by atoms with van der Waals surface area (Å²) < 4.78 is 0. The summed E-state index contributed by atoms with van der Waals surface area (Å²) in [6.07, 6.45) is 18.9. The van der Waals surface area contributed by atoms with Gasteiger partial charge in [0, 0.05) is 12.4 Å². The quantitative estimate of drug-likeness (QED) is 0.396. The van der Waals surface area contributed by atoms with Crippen LogP contribution in [0.4, 0.5) is 0 Å². The molecule has 108 valence electrons. The standard InChI is InChI=1S/C17H29NS/c19-16-10-8-6-4-2-1-3-5-7-9-11-17-12-14-18-15-13-17/h12-15,19H,1-11,16H2. The molecule has 0 saturated heterocycles. The lowest BCUT2D eigenvalue weighted by atomic mass is 10.0. The zero-order valence-electron chi connectivity index (χ0n) is 12.2. The second-order valence-electron chi connectivity index (χ2n) is 5.36. The Labute approximate surface area is 124 Å². The zero-order valence-corrected chi connectivity index (χ0v) is 13.1. The van der Waals surface area contributed by atoms with Gasteiger partial charge in [-0.25, -0.2) is 0 Å². The number of aryl methyl sites for hydroxylation is 1. The van der Waals surface area contributed by atoms with Crippen LogP contribution in [0.2, 0.25) is 0 Å². The molecule has 2 heteroatoms. The van der Waals surface area contributed by atoms with Crippen LogP contribution in [0.3, 0.4) is 0 Å². The van der Waals surface area contributed by atoms with Gasteiger partial charge in [0.25, 0.3) is 0 Å². The normalized spacial score (nSPS) is 10.8. The minimum atomic E-state index is 1.05. The fourth-order valence-electron chi connectivity index (χ4n) is 2.40. The number of aromatic nitrogens is 1. The Balaban J connectivity index is 1.79. The van der Waals surface area contributed by atoms with Crippen molar-refractivity contribution in [2.45, 2.75) is 70.6 Å². The van der Waals surface area contributed by atoms with Crippen molar-refractivity contribution in [3.63, 3.8) is 0 Å². The number of rotatable bonds is 12. The summed E-state index contributed by atoms with van der Waals surface area (Å²) in [5, 5.41) is 0. The van der Waals surface area contributed by atoms with Gasteiger partial charge < -0.3 is 0 Å². The van der Waals surface area contributed by atoms with Gasteiger partial charge in [-0.1, -0.05) is 51.4 Å². The average molecular weight is 279 g/mol. The Morgan fingerprint density at radius 3 is 1.68 bits per heavy atom. The third-order valence-electron chi connectivity index (χ3n) is 3.62. The molecule has 0 unspecified atom stereocenters. The lowest BCUT2D eigenvalue weighted by Crippen LogP contribution is -1.87. The van der Waals surface area contributed by atoms with Crippen LogP contribution < -0.4 is 0 Å². The van der Waals surface area contributed by atoms with Gasteiger partial charge in [-0.2, -0.15) is 12.6 Å². The Bertz CT molecular complexity index is 287. The zero-order chi connectivity index (χ0) is 13.6. The van der Waals surface area contributed by atoms with Crippen LogP contribution in [-0.4, -0.2) is 10.7 Å². The van der Waals surface area contributed by atoms with Gasteiger partial charge in [-0.3, -0.25) is 4.98 Å². The second-order valence-corrected chi connectivity index (χ2v) is 5.81. The maximum Gasteiger partial charge on any atom is 0.0270 e. The highest BCUT2D eigenvalue weighted by atomic mass is 32.1. The fourth-order valence-corrected chi connectivity index (χ4v) is 2.63. The number of thiol groups is 1. The van der Waals surface area contributed by atoms with Gasteiger partial charge in [-0.15, -0.1) is 0 Å². The van der Waals surface area contributed by atoms with Crippen molar-refractivity contribution in [2.24, 2.45) is 0 Å². The molecule has 0 saturated carbocycles. The van der Waals surface area contributed by atoms with Gasteiger partial charge in [0.2, 0.25) is 0 Å². The maximum atomic E-state index is 4.23. The first-order valence-electron chi connectivity index (χ1n) is 7.93. The van der Waals surface area contributed by atoms with Crippen LogP contribution in [-0.2, 0) is 6.42 Å². The third kappa shape index (κ3) is 10.0. The van der Waals surface area contributed by atoms with Gasteiger partial charge in [-0.05, 0) is 42.7 Å². The molecule has 1 nitrogen and oxygen atoms in total. The van der Waals surface area contributed by atoms with Crippen LogP contribution in [0.1, 0.15) is 69.8 Å². The van der Waals surface area contributed by atoms with Crippen molar-refractivity contribution in [1.29, 1.82) is 0 Å². The predicted molar refractivity (Wildman–Crippen MR) is 88.0 cm³/mol. The largest absolute Gasteiger partial charge is 0.265 e. The third-order valence-corrected chi connectivity index (χ3v) is 3.94. The van der Waals surface area contributed by atoms with Crippen LogP contribution >= 0.6 is 12.6 Å². The van der Waals surface area contributed by atoms with Crippen molar-refractivity contribution in [1.82, 2.24) is 4.98 Å². The minimum absolute atomic E-state index is 1.05. The smallest absolute Gasteiger partial charge is 0.0270 e. The van der Waals surface area contributed by atoms with E-state index in [4.69, 9.17) is 0 Å². The highest BCUT2D eigenvalue weighted by Gasteiger charge is 1.94. The summed E-state index contributed by atoms with van der Waals surface area (Å²) in [5.74, 6) is 1.05. The molecule has 0 radical (unpaired) electrons. The number of hydrogen-bond donors (Lipinski definition) is 1. The molecule has 19 heavy (non-hydrogen) atoms. The molecule has 0 aliphatic rings. The van der Waals surface area contributed by atoms with E-state index in [-0.39, 0.29) is 0 Å². The van der Waals surface area contributed by atoms with E-state index in [9.17, 15) is 0 Å². The van der Waals surface area contributed by atoms with Gasteiger partial charge in [0.15, 0.2) is 0 Å². The average Bonchev–Trinajstić information content (AvgIpc) is 2.46. The molecule has 0 N–H and O–H groups in total. The second kappa shape index (κ2) is 12.5. The van der Waals surface area contributed by atoms with E-state index in [0.717, 1.165) is 5.75 Å². The van der Waals surface area contributed by atoms with Gasteiger partial charge in [0.1, 0.15) is 0 Å². The van der Waals surface area contributed by atoms with Crippen LogP contribution in [0.15, 0.2) is 24.5 Å². The molecule has 0 atom stereocenters. The molecule has 0 bridgehead atoms. The first-order chi connectivity index (χ1) is 9.43. The van der Waals surface area contributed by atoms with Crippen LogP contribution in [0.5, 0.6) is 0 Å². The molecule has 1 aromatic heterocycles. The summed E-state index contributed by atoms with van der Waals surface area (Å²) in [5.41, 5.74) is 1.43. The number of pyridine rings is 1. The Morgan fingerprint density at radius 1 is 0.684 bits per heavy atom. The van der Waals surface area contributed by atoms with Crippen molar-refractivity contribution in [3.05, 3.63) is 30.1 Å². The van der Waals surface area contributed by atoms with Crippen molar-refractivity contribution in [3.8, 4) is 0 Å². The van der Waals surface area contributed by atoms with E-state index in [2.05, 4.69) is 29.7 Å². The topological polar surface area (TPSA) is 12.9 Å². The fraction of sp³-hybridized carbons (Fsp3) is 0.706. The lowest BCUT2D eigenvalue weighted by Gasteiger charge is -2.03. The van der Waals surface area contributed by atoms with Crippen molar-refractivity contribution >= 4 is 12.6 Å². The molecular weight excluding hydrogens is 250 g/mol. The molecule has 0 aliphatic carbocycles. The van der Waals surface area contributed by atoms with Gasteiger partial charge >= 0.3 is 0 Å². The van der Waals surface area contributed by atoms with Crippen LogP contribution in [0.25, 0.3) is 0 Å². The number of unbranched alkanes of at least 4 members (excludes halogenated alkanes) is 9. The van der Waals surface area contributed by atoms with Crippen molar-refractivity contribution in [2.75, 3.05) is 5.75 Å². The van der Waals surface area contributed by atoms with E-state index in [1.165, 1.54) is 76.2 Å². The number of nitrogens with zero attached hydrogens (tertiary/aromatic N) is 1. The Kier molecular flexibility index (Phi) is 10.9. The van der Waals surface area contributed by atoms with E-state index >= 15 is 0 Å². The molecule has 1 aromatic rings. The summed E-state index contributed by atoms with van der Waals surface area (Å²) in [4.78, 5) is 4.05. The SMILES string of the molecule is SCCCCCCCCCCCCc1ccncc1. The Hall–Kier alpha value is -0.500. The molecule has 1 rings (SSSR count). The summed E-state index contributed by atoms with van der Waals surface area (Å²) in [6.45, 7) is 0. The predicted octanol–water partition coefficient (Wildman–Crippen LogP) is 5.45. The first kappa shape index (κ1) is 16.6. The lowest BCUT2D eigenvalue weighted by molar-refractivity contribution is 0.557. The first-order valence-corrected chi connectivity index (χ1v) is 8.56. The summed E-state index contributed by atoms with van der Waals surface area (Å²) >= 11 is 4.23. The van der Waals surface area contributed by atoms with E-state index < -0.39 is 0 Å². The van der Waals surface area contributed by atoms with Crippen LogP contribution in [0, 0.1) is 0 Å². The molecule has 0 aliphatic heterocycles. The highest BCUT2D eigenvalue weighted by Crippen LogP contribution is 2.12. The Morgan fingerprint density at radius 2 is 1.16 bits per heavy atom.